The monoisotopic (exact) mass is 365 g/mol. The smallest absolute Gasteiger partial charge is 0.258 e. The number of rotatable bonds is 8. The molecule has 1 aromatic rings. The first-order valence-electron chi connectivity index (χ1n) is 6.62. The third-order valence-corrected chi connectivity index (χ3v) is 6.17. The predicted molar refractivity (Wildman–Crippen MR) is 85.1 cm³/mol. The predicted octanol–water partition coefficient (Wildman–Crippen LogP) is 0.463. The molecule has 1 aromatic carbocycles. The maximum Gasteiger partial charge on any atom is 0.273 e. The molecule has 0 bridgehead atoms. The highest BCUT2D eigenvalue weighted by Gasteiger charge is 2.22. The molecule has 0 heterocycles. The van der Waals surface area contributed by atoms with Gasteiger partial charge in [-0.15, -0.1) is 0 Å². The lowest BCUT2D eigenvalue weighted by molar-refractivity contribution is -0.385. The van der Waals surface area contributed by atoms with Crippen molar-refractivity contribution in [2.24, 2.45) is 0 Å². The zero-order chi connectivity index (χ0) is 17.8. The van der Waals surface area contributed by atoms with E-state index < -0.39 is 25.0 Å². The number of sulfonamides is 2. The number of hydrogen-bond acceptors (Lipinski definition) is 6. The summed E-state index contributed by atoms with van der Waals surface area (Å²) in [5.41, 5.74) is -0.220. The Hall–Kier alpha value is -1.56. The Morgan fingerprint density at radius 2 is 1.87 bits per heavy atom. The average molecular weight is 365 g/mol. The minimum Gasteiger partial charge on any atom is -0.258 e. The van der Waals surface area contributed by atoms with Crippen molar-refractivity contribution < 1.29 is 21.8 Å². The highest BCUT2D eigenvalue weighted by Crippen LogP contribution is 2.24. The molecule has 0 radical (unpaired) electrons. The maximum atomic E-state index is 12.2. The van der Waals surface area contributed by atoms with Crippen molar-refractivity contribution >= 4 is 25.7 Å². The Morgan fingerprint density at radius 3 is 2.39 bits per heavy atom. The fourth-order valence-corrected chi connectivity index (χ4v) is 3.64. The van der Waals surface area contributed by atoms with Crippen molar-refractivity contribution in [2.75, 3.05) is 26.4 Å². The molecule has 9 nitrogen and oxygen atoms in total. The van der Waals surface area contributed by atoms with Gasteiger partial charge in [-0.05, 0) is 19.4 Å². The van der Waals surface area contributed by atoms with Crippen molar-refractivity contribution in [2.45, 2.75) is 18.2 Å². The van der Waals surface area contributed by atoms with Crippen LogP contribution < -0.4 is 4.72 Å². The van der Waals surface area contributed by atoms with E-state index >= 15 is 0 Å². The Bertz CT molecular complexity index is 789. The van der Waals surface area contributed by atoms with Crippen LogP contribution in [0.5, 0.6) is 0 Å². The van der Waals surface area contributed by atoms with Crippen LogP contribution in [0.15, 0.2) is 23.1 Å². The summed E-state index contributed by atoms with van der Waals surface area (Å²) in [5.74, 6) is 0. The van der Waals surface area contributed by atoms with Crippen molar-refractivity contribution in [3.8, 4) is 0 Å². The van der Waals surface area contributed by atoms with Crippen LogP contribution in [0.2, 0.25) is 0 Å². The molecule has 0 fully saturated rings. The zero-order valence-electron chi connectivity index (χ0n) is 13.0. The van der Waals surface area contributed by atoms with Crippen molar-refractivity contribution in [3.63, 3.8) is 0 Å². The van der Waals surface area contributed by atoms with Gasteiger partial charge < -0.3 is 0 Å². The average Bonchev–Trinajstić information content (AvgIpc) is 2.41. The Labute approximate surface area is 135 Å². The third-order valence-electron chi connectivity index (χ3n) is 3.25. The van der Waals surface area contributed by atoms with E-state index in [4.69, 9.17) is 0 Å². The summed E-state index contributed by atoms with van der Waals surface area (Å²) >= 11 is 0. The summed E-state index contributed by atoms with van der Waals surface area (Å²) in [6.45, 7) is 1.55. The SMILES string of the molecule is Cc1c([N+](=O)[O-])cccc1S(=O)(=O)NCCCN(C)S(C)(=O)=O. The van der Waals surface area contributed by atoms with Crippen molar-refractivity contribution in [1.29, 1.82) is 0 Å². The third kappa shape index (κ3) is 5.23. The fraction of sp³-hybridized carbons (Fsp3) is 0.500. The summed E-state index contributed by atoms with van der Waals surface area (Å²) in [7, 11) is -5.82. The topological polar surface area (TPSA) is 127 Å². The largest absolute Gasteiger partial charge is 0.273 e. The van der Waals surface area contributed by atoms with Crippen LogP contribution in [-0.2, 0) is 20.0 Å². The first-order valence-corrected chi connectivity index (χ1v) is 9.95. The van der Waals surface area contributed by atoms with E-state index in [0.717, 1.165) is 10.6 Å². The highest BCUT2D eigenvalue weighted by atomic mass is 32.2. The molecule has 11 heteroatoms. The number of nitro groups is 1. The Kier molecular flexibility index (Phi) is 6.22. The lowest BCUT2D eigenvalue weighted by atomic mass is 10.2. The quantitative estimate of drug-likeness (QED) is 0.405. The van der Waals surface area contributed by atoms with Gasteiger partial charge >= 0.3 is 0 Å². The second-order valence-electron chi connectivity index (χ2n) is 4.99. The maximum absolute atomic E-state index is 12.2. The van der Waals surface area contributed by atoms with Crippen LogP contribution in [0.4, 0.5) is 5.69 Å². The molecule has 130 valence electrons. The summed E-state index contributed by atoms with van der Waals surface area (Å²) in [6, 6.07) is 3.82. The van der Waals surface area contributed by atoms with Crippen molar-refractivity contribution in [1.82, 2.24) is 9.03 Å². The standard InChI is InChI=1S/C12H19N3O6S2/c1-10-11(15(16)17)6-4-7-12(10)23(20,21)13-8-5-9-14(2)22(3,18)19/h4,6-7,13H,5,8-9H2,1-3H3. The molecule has 0 atom stereocenters. The molecule has 0 saturated heterocycles. The molecule has 0 spiro atoms. The van der Waals surface area contributed by atoms with Gasteiger partial charge in [-0.25, -0.2) is 25.9 Å². The minimum atomic E-state index is -3.90. The van der Waals surface area contributed by atoms with E-state index in [9.17, 15) is 26.9 Å². The first-order chi connectivity index (χ1) is 10.5. The molecule has 0 unspecified atom stereocenters. The summed E-state index contributed by atoms with van der Waals surface area (Å²) in [6.07, 6.45) is 1.33. The van der Waals surface area contributed by atoms with Crippen LogP contribution >= 0.6 is 0 Å². The molecule has 1 N–H and O–H groups in total. The molecule has 1 rings (SSSR count). The fourth-order valence-electron chi connectivity index (χ4n) is 1.84. The number of nitrogens with one attached hydrogen (secondary N) is 1. The van der Waals surface area contributed by atoms with Gasteiger partial charge in [0.1, 0.15) is 0 Å². The van der Waals surface area contributed by atoms with Gasteiger partial charge in [0.05, 0.1) is 16.1 Å². The van der Waals surface area contributed by atoms with E-state index in [0.29, 0.717) is 0 Å². The van der Waals surface area contributed by atoms with Crippen molar-refractivity contribution in [3.05, 3.63) is 33.9 Å². The lowest BCUT2D eigenvalue weighted by Crippen LogP contribution is -2.31. The second kappa shape index (κ2) is 7.34. The van der Waals surface area contributed by atoms with E-state index in [2.05, 4.69) is 4.72 Å². The first kappa shape index (κ1) is 19.5. The van der Waals surface area contributed by atoms with Gasteiger partial charge in [-0.2, -0.15) is 0 Å². The summed E-state index contributed by atoms with van der Waals surface area (Å²) in [5, 5.41) is 10.9. The molecule has 0 aliphatic rings. The highest BCUT2D eigenvalue weighted by molar-refractivity contribution is 7.89. The number of benzene rings is 1. The molecule has 0 amide bonds. The van der Waals surface area contributed by atoms with Gasteiger partial charge in [-0.1, -0.05) is 6.07 Å². The van der Waals surface area contributed by atoms with Crippen LogP contribution in [0.25, 0.3) is 0 Å². The Morgan fingerprint density at radius 1 is 1.26 bits per heavy atom. The van der Waals surface area contributed by atoms with Gasteiger partial charge in [-0.3, -0.25) is 10.1 Å². The molecule has 23 heavy (non-hydrogen) atoms. The lowest BCUT2D eigenvalue weighted by Gasteiger charge is -2.14. The van der Waals surface area contributed by atoms with Crippen LogP contribution in [0, 0.1) is 17.0 Å². The molecule has 0 aromatic heterocycles. The van der Waals surface area contributed by atoms with Crippen LogP contribution in [0.3, 0.4) is 0 Å². The molecule has 0 saturated carbocycles. The van der Waals surface area contributed by atoms with E-state index in [-0.39, 0.29) is 35.7 Å². The van der Waals surface area contributed by atoms with Gasteiger partial charge in [0.25, 0.3) is 5.69 Å². The zero-order valence-corrected chi connectivity index (χ0v) is 14.6. The molecular weight excluding hydrogens is 346 g/mol. The molecular formula is C12H19N3O6S2. The van der Waals surface area contributed by atoms with E-state index in [1.807, 2.05) is 0 Å². The van der Waals surface area contributed by atoms with E-state index in [1.54, 1.807) is 0 Å². The van der Waals surface area contributed by atoms with Crippen LogP contribution in [0.1, 0.15) is 12.0 Å². The normalized spacial score (nSPS) is 12.5. The van der Waals surface area contributed by atoms with Crippen LogP contribution in [-0.4, -0.2) is 52.5 Å². The van der Waals surface area contributed by atoms with E-state index in [1.165, 1.54) is 32.2 Å². The summed E-state index contributed by atoms with van der Waals surface area (Å²) in [4.78, 5) is 10.1. The molecule has 0 aliphatic heterocycles. The number of hydrogen-bond donors (Lipinski definition) is 1. The Balaban J connectivity index is 2.78. The minimum absolute atomic E-state index is 0.0182. The number of nitro benzene ring substituents is 1. The molecule has 0 aliphatic carbocycles. The number of nitrogens with zero attached hydrogens (tertiary/aromatic N) is 2. The summed E-state index contributed by atoms with van der Waals surface area (Å²) < 4.78 is 50.3. The van der Waals surface area contributed by atoms with Gasteiger partial charge in [0.15, 0.2) is 0 Å². The van der Waals surface area contributed by atoms with Gasteiger partial charge in [0, 0.05) is 31.8 Å². The van der Waals surface area contributed by atoms with Gasteiger partial charge in [0.2, 0.25) is 20.0 Å². The second-order valence-corrected chi connectivity index (χ2v) is 8.82.